The van der Waals surface area contributed by atoms with Crippen molar-refractivity contribution in [2.45, 2.75) is 46.1 Å². The second kappa shape index (κ2) is 3.86. The van der Waals surface area contributed by atoms with Crippen molar-refractivity contribution >= 4 is 0 Å². The molecule has 1 atom stereocenters. The van der Waals surface area contributed by atoms with Crippen molar-refractivity contribution in [3.8, 4) is 5.75 Å². The van der Waals surface area contributed by atoms with E-state index < -0.39 is 6.10 Å². The SMILES string of the molecule is Cc1cc(O)c(C(C)(C)C)cc1C(C)O. The third kappa shape index (κ3) is 2.51. The standard InChI is InChI=1S/C13H20O2/c1-8-6-12(15)11(13(3,4)5)7-10(8)9(2)14/h6-7,9,14-15H,1-5H3. The van der Waals surface area contributed by atoms with Gasteiger partial charge in [0.15, 0.2) is 0 Å². The molecule has 0 heterocycles. The summed E-state index contributed by atoms with van der Waals surface area (Å²) in [4.78, 5) is 0. The lowest BCUT2D eigenvalue weighted by Crippen LogP contribution is -2.12. The van der Waals surface area contributed by atoms with Crippen LogP contribution in [0.15, 0.2) is 12.1 Å². The molecule has 0 aliphatic rings. The first-order valence-corrected chi connectivity index (χ1v) is 5.25. The Hall–Kier alpha value is -1.02. The molecule has 0 fully saturated rings. The Labute approximate surface area is 91.6 Å². The summed E-state index contributed by atoms with van der Waals surface area (Å²) >= 11 is 0. The minimum absolute atomic E-state index is 0.110. The first-order chi connectivity index (χ1) is 6.73. The third-order valence-electron chi connectivity index (χ3n) is 2.64. The smallest absolute Gasteiger partial charge is 0.119 e. The topological polar surface area (TPSA) is 40.5 Å². The zero-order chi connectivity index (χ0) is 11.8. The van der Waals surface area contributed by atoms with Gasteiger partial charge >= 0.3 is 0 Å². The quantitative estimate of drug-likeness (QED) is 0.744. The van der Waals surface area contributed by atoms with Crippen LogP contribution in [0.3, 0.4) is 0 Å². The van der Waals surface area contributed by atoms with Gasteiger partial charge in [-0.3, -0.25) is 0 Å². The zero-order valence-electron chi connectivity index (χ0n) is 10.1. The van der Waals surface area contributed by atoms with E-state index in [0.29, 0.717) is 5.75 Å². The van der Waals surface area contributed by atoms with E-state index in [4.69, 9.17) is 0 Å². The van der Waals surface area contributed by atoms with Gasteiger partial charge in [-0.25, -0.2) is 0 Å². The number of hydrogen-bond donors (Lipinski definition) is 2. The molecular weight excluding hydrogens is 188 g/mol. The summed E-state index contributed by atoms with van der Waals surface area (Å²) in [6, 6.07) is 3.62. The summed E-state index contributed by atoms with van der Waals surface area (Å²) in [7, 11) is 0. The van der Waals surface area contributed by atoms with E-state index in [9.17, 15) is 10.2 Å². The molecule has 0 saturated carbocycles. The Morgan fingerprint density at radius 3 is 2.13 bits per heavy atom. The van der Waals surface area contributed by atoms with E-state index in [1.165, 1.54) is 0 Å². The zero-order valence-corrected chi connectivity index (χ0v) is 10.1. The van der Waals surface area contributed by atoms with Gasteiger partial charge < -0.3 is 10.2 Å². The molecule has 0 aliphatic carbocycles. The van der Waals surface area contributed by atoms with Gasteiger partial charge in [0.2, 0.25) is 0 Å². The number of benzene rings is 1. The van der Waals surface area contributed by atoms with Crippen LogP contribution in [0.4, 0.5) is 0 Å². The van der Waals surface area contributed by atoms with Gasteiger partial charge in [0.25, 0.3) is 0 Å². The van der Waals surface area contributed by atoms with Crippen molar-refractivity contribution in [3.05, 3.63) is 28.8 Å². The summed E-state index contributed by atoms with van der Waals surface area (Å²) in [5, 5.41) is 19.5. The Bertz CT molecular complexity index is 360. The normalized spacial score (nSPS) is 14.0. The number of aliphatic hydroxyl groups excluding tert-OH is 1. The lowest BCUT2D eigenvalue weighted by Gasteiger charge is -2.23. The van der Waals surface area contributed by atoms with Gasteiger partial charge in [0.05, 0.1) is 6.10 Å². The lowest BCUT2D eigenvalue weighted by atomic mass is 9.84. The molecule has 0 amide bonds. The molecule has 0 radical (unpaired) electrons. The van der Waals surface area contributed by atoms with Crippen LogP contribution in [0.1, 0.15) is 50.5 Å². The predicted octanol–water partition coefficient (Wildman–Crippen LogP) is 3.05. The first kappa shape index (κ1) is 12.1. The van der Waals surface area contributed by atoms with Crippen molar-refractivity contribution in [2.24, 2.45) is 0 Å². The molecule has 1 aromatic carbocycles. The summed E-state index contributed by atoms with van der Waals surface area (Å²) < 4.78 is 0. The number of phenols is 1. The summed E-state index contributed by atoms with van der Waals surface area (Å²) in [6.45, 7) is 9.77. The summed E-state index contributed by atoms with van der Waals surface area (Å²) in [5.74, 6) is 0.310. The maximum Gasteiger partial charge on any atom is 0.119 e. The summed E-state index contributed by atoms with van der Waals surface area (Å²) in [5.41, 5.74) is 2.58. The van der Waals surface area contributed by atoms with Crippen LogP contribution in [-0.2, 0) is 5.41 Å². The van der Waals surface area contributed by atoms with Gasteiger partial charge in [-0.1, -0.05) is 20.8 Å². The van der Waals surface area contributed by atoms with E-state index in [2.05, 4.69) is 0 Å². The number of rotatable bonds is 1. The number of aromatic hydroxyl groups is 1. The third-order valence-corrected chi connectivity index (χ3v) is 2.64. The van der Waals surface area contributed by atoms with Crippen LogP contribution >= 0.6 is 0 Å². The van der Waals surface area contributed by atoms with Crippen LogP contribution in [0.2, 0.25) is 0 Å². The molecule has 2 nitrogen and oxygen atoms in total. The van der Waals surface area contributed by atoms with Crippen molar-refractivity contribution in [1.82, 2.24) is 0 Å². The lowest BCUT2D eigenvalue weighted by molar-refractivity contribution is 0.198. The molecule has 2 heteroatoms. The summed E-state index contributed by atoms with van der Waals surface area (Å²) in [6.07, 6.45) is -0.494. The Morgan fingerprint density at radius 1 is 1.20 bits per heavy atom. The molecular formula is C13H20O2. The number of phenolic OH excluding ortho intramolecular Hbond substituents is 1. The van der Waals surface area contributed by atoms with Gasteiger partial charge in [0.1, 0.15) is 5.75 Å². The fourth-order valence-corrected chi connectivity index (χ4v) is 1.76. The van der Waals surface area contributed by atoms with Crippen LogP contribution in [0.5, 0.6) is 5.75 Å². The minimum Gasteiger partial charge on any atom is -0.508 e. The molecule has 2 N–H and O–H groups in total. The number of aliphatic hydroxyl groups is 1. The van der Waals surface area contributed by atoms with Crippen LogP contribution in [0.25, 0.3) is 0 Å². The highest BCUT2D eigenvalue weighted by atomic mass is 16.3. The van der Waals surface area contributed by atoms with E-state index in [1.807, 2.05) is 33.8 Å². The molecule has 1 aromatic rings. The first-order valence-electron chi connectivity index (χ1n) is 5.25. The van der Waals surface area contributed by atoms with Gasteiger partial charge in [-0.05, 0) is 48.1 Å². The second-order valence-corrected chi connectivity index (χ2v) is 5.15. The molecule has 0 bridgehead atoms. The fraction of sp³-hybridized carbons (Fsp3) is 0.538. The second-order valence-electron chi connectivity index (χ2n) is 5.15. The predicted molar refractivity (Wildman–Crippen MR) is 62.2 cm³/mol. The van der Waals surface area contributed by atoms with E-state index in [0.717, 1.165) is 16.7 Å². The molecule has 0 spiro atoms. The number of aryl methyl sites for hydroxylation is 1. The molecule has 0 aliphatic heterocycles. The Morgan fingerprint density at radius 2 is 1.73 bits per heavy atom. The van der Waals surface area contributed by atoms with Crippen LogP contribution < -0.4 is 0 Å². The molecule has 1 unspecified atom stereocenters. The number of hydrogen-bond acceptors (Lipinski definition) is 2. The van der Waals surface area contributed by atoms with E-state index in [-0.39, 0.29) is 5.41 Å². The largest absolute Gasteiger partial charge is 0.508 e. The Balaban J connectivity index is 3.37. The van der Waals surface area contributed by atoms with Gasteiger partial charge in [0, 0.05) is 0 Å². The maximum absolute atomic E-state index is 9.85. The van der Waals surface area contributed by atoms with Crippen molar-refractivity contribution < 1.29 is 10.2 Å². The van der Waals surface area contributed by atoms with Crippen molar-refractivity contribution in [3.63, 3.8) is 0 Å². The van der Waals surface area contributed by atoms with Crippen molar-refractivity contribution in [1.29, 1.82) is 0 Å². The molecule has 0 aromatic heterocycles. The van der Waals surface area contributed by atoms with Crippen LogP contribution in [-0.4, -0.2) is 10.2 Å². The minimum atomic E-state index is -0.494. The molecule has 15 heavy (non-hydrogen) atoms. The molecule has 84 valence electrons. The molecule has 0 saturated heterocycles. The Kier molecular flexibility index (Phi) is 3.10. The molecule has 1 rings (SSSR count). The highest BCUT2D eigenvalue weighted by molar-refractivity contribution is 5.45. The average Bonchev–Trinajstić information content (AvgIpc) is 2.00. The van der Waals surface area contributed by atoms with Gasteiger partial charge in [-0.15, -0.1) is 0 Å². The highest BCUT2D eigenvalue weighted by Crippen LogP contribution is 2.34. The fourth-order valence-electron chi connectivity index (χ4n) is 1.76. The van der Waals surface area contributed by atoms with E-state index in [1.54, 1.807) is 13.0 Å². The average molecular weight is 208 g/mol. The van der Waals surface area contributed by atoms with E-state index >= 15 is 0 Å². The highest BCUT2D eigenvalue weighted by Gasteiger charge is 2.20. The monoisotopic (exact) mass is 208 g/mol. The maximum atomic E-state index is 9.85. The van der Waals surface area contributed by atoms with Crippen LogP contribution in [0, 0.1) is 6.92 Å². The van der Waals surface area contributed by atoms with Gasteiger partial charge in [-0.2, -0.15) is 0 Å². The van der Waals surface area contributed by atoms with Crippen molar-refractivity contribution in [2.75, 3.05) is 0 Å².